The lowest BCUT2D eigenvalue weighted by Gasteiger charge is -2.16. The van der Waals surface area contributed by atoms with Crippen molar-refractivity contribution in [2.45, 2.75) is 19.4 Å². The van der Waals surface area contributed by atoms with Crippen LogP contribution in [0.4, 0.5) is 0 Å². The number of aryl methyl sites for hydroxylation is 1. The first kappa shape index (κ1) is 15.5. The van der Waals surface area contributed by atoms with Crippen LogP contribution in [0.15, 0.2) is 67.1 Å². The van der Waals surface area contributed by atoms with Crippen LogP contribution in [-0.4, -0.2) is 19.7 Å². The van der Waals surface area contributed by atoms with Gasteiger partial charge in [-0.25, -0.2) is 4.68 Å². The molecule has 1 unspecified atom stereocenters. The molecule has 3 heterocycles. The van der Waals surface area contributed by atoms with Gasteiger partial charge in [0.1, 0.15) is 0 Å². The average Bonchev–Trinajstić information content (AvgIpc) is 3.07. The minimum Gasteiger partial charge on any atom is -0.322 e. The van der Waals surface area contributed by atoms with Gasteiger partial charge in [-0.15, -0.1) is 0 Å². The molecule has 1 aromatic carbocycles. The largest absolute Gasteiger partial charge is 0.322 e. The third kappa shape index (κ3) is 2.90. The van der Waals surface area contributed by atoms with Gasteiger partial charge in [-0.1, -0.05) is 24.3 Å². The molecule has 4 rings (SSSR count). The van der Waals surface area contributed by atoms with Crippen LogP contribution in [0.1, 0.15) is 23.0 Å². The summed E-state index contributed by atoms with van der Waals surface area (Å²) in [4.78, 5) is 9.01. The van der Waals surface area contributed by atoms with Crippen LogP contribution in [0.5, 0.6) is 0 Å². The fourth-order valence-corrected chi connectivity index (χ4v) is 3.07. The van der Waals surface area contributed by atoms with E-state index in [0.29, 0.717) is 6.42 Å². The van der Waals surface area contributed by atoms with Crippen LogP contribution < -0.4 is 5.73 Å². The molecule has 2 N–H and O–H groups in total. The first-order valence-electron chi connectivity index (χ1n) is 8.28. The molecule has 0 aliphatic carbocycles. The first-order valence-corrected chi connectivity index (χ1v) is 8.28. The molecule has 25 heavy (non-hydrogen) atoms. The van der Waals surface area contributed by atoms with Crippen molar-refractivity contribution in [2.24, 2.45) is 5.73 Å². The van der Waals surface area contributed by atoms with Crippen molar-refractivity contribution in [3.63, 3.8) is 0 Å². The molecule has 0 amide bonds. The summed E-state index contributed by atoms with van der Waals surface area (Å²) in [6.45, 7) is 2.05. The van der Waals surface area contributed by atoms with Crippen molar-refractivity contribution < 1.29 is 0 Å². The van der Waals surface area contributed by atoms with Gasteiger partial charge < -0.3 is 5.73 Å². The highest BCUT2D eigenvalue weighted by molar-refractivity contribution is 5.80. The average molecular weight is 329 g/mol. The predicted molar refractivity (Wildman–Crippen MR) is 98.5 cm³/mol. The minimum absolute atomic E-state index is 0.257. The van der Waals surface area contributed by atoms with Crippen molar-refractivity contribution in [3.8, 4) is 5.69 Å². The molecule has 0 radical (unpaired) electrons. The zero-order valence-corrected chi connectivity index (χ0v) is 14.0. The Balaban J connectivity index is 1.75. The molecule has 0 saturated heterocycles. The fourth-order valence-electron chi connectivity index (χ4n) is 3.07. The van der Waals surface area contributed by atoms with Crippen LogP contribution in [-0.2, 0) is 6.42 Å². The number of fused-ring (bicyclic) bond motifs is 1. The van der Waals surface area contributed by atoms with E-state index < -0.39 is 0 Å². The second kappa shape index (κ2) is 6.45. The van der Waals surface area contributed by atoms with E-state index in [9.17, 15) is 0 Å². The Bertz CT molecular complexity index is 1020. The van der Waals surface area contributed by atoms with Crippen molar-refractivity contribution in [2.75, 3.05) is 0 Å². The number of nitrogens with zero attached hydrogens (tertiary/aromatic N) is 4. The third-order valence-electron chi connectivity index (χ3n) is 4.40. The van der Waals surface area contributed by atoms with Gasteiger partial charge in [-0.05, 0) is 36.8 Å². The van der Waals surface area contributed by atoms with E-state index >= 15 is 0 Å². The molecular formula is C20H19N5. The number of benzene rings is 1. The van der Waals surface area contributed by atoms with Gasteiger partial charge in [0, 0.05) is 29.9 Å². The van der Waals surface area contributed by atoms with Crippen LogP contribution in [0.2, 0.25) is 0 Å². The van der Waals surface area contributed by atoms with Crippen molar-refractivity contribution >= 4 is 10.9 Å². The van der Waals surface area contributed by atoms with Crippen molar-refractivity contribution in [1.29, 1.82) is 0 Å². The van der Waals surface area contributed by atoms with Gasteiger partial charge in [0.2, 0.25) is 0 Å². The molecule has 0 aliphatic heterocycles. The van der Waals surface area contributed by atoms with Crippen molar-refractivity contribution in [3.05, 3.63) is 84.1 Å². The normalized spacial score (nSPS) is 12.4. The minimum atomic E-state index is -0.257. The van der Waals surface area contributed by atoms with E-state index in [1.54, 1.807) is 12.4 Å². The standard InChI is InChI=1S/C20H19N5/c1-14-6-4-10-22-17(14)12-16(21)20-19(9-5-11-23-20)25-18-8-3-2-7-15(18)13-24-25/h2-11,13,16H,12,21H2,1H3. The molecule has 5 nitrogen and oxygen atoms in total. The molecule has 0 spiro atoms. The van der Waals surface area contributed by atoms with E-state index in [0.717, 1.165) is 33.5 Å². The predicted octanol–water partition coefficient (Wildman–Crippen LogP) is 3.37. The highest BCUT2D eigenvalue weighted by Gasteiger charge is 2.17. The number of aromatic nitrogens is 4. The van der Waals surface area contributed by atoms with Gasteiger partial charge in [0.05, 0.1) is 29.1 Å². The zero-order chi connectivity index (χ0) is 17.2. The Morgan fingerprint density at radius 1 is 1.00 bits per heavy atom. The monoisotopic (exact) mass is 329 g/mol. The van der Waals surface area contributed by atoms with Gasteiger partial charge in [-0.2, -0.15) is 5.10 Å². The van der Waals surface area contributed by atoms with Crippen molar-refractivity contribution in [1.82, 2.24) is 19.7 Å². The maximum atomic E-state index is 6.50. The number of rotatable bonds is 4. The molecule has 0 fully saturated rings. The van der Waals surface area contributed by atoms with Gasteiger partial charge >= 0.3 is 0 Å². The van der Waals surface area contributed by atoms with E-state index in [2.05, 4.69) is 28.1 Å². The summed E-state index contributed by atoms with van der Waals surface area (Å²) >= 11 is 0. The number of pyridine rings is 2. The Hall–Kier alpha value is -3.05. The second-order valence-electron chi connectivity index (χ2n) is 6.10. The lowest BCUT2D eigenvalue weighted by atomic mass is 10.0. The first-order chi connectivity index (χ1) is 12.2. The highest BCUT2D eigenvalue weighted by atomic mass is 15.3. The molecule has 0 bridgehead atoms. The van der Waals surface area contributed by atoms with Crippen LogP contribution >= 0.6 is 0 Å². The van der Waals surface area contributed by atoms with Crippen LogP contribution in [0, 0.1) is 6.92 Å². The van der Waals surface area contributed by atoms with E-state index in [1.165, 1.54) is 0 Å². The van der Waals surface area contributed by atoms with Gasteiger partial charge in [0.25, 0.3) is 0 Å². The summed E-state index contributed by atoms with van der Waals surface area (Å²) in [6, 6.07) is 15.8. The Kier molecular flexibility index (Phi) is 3.99. The quantitative estimate of drug-likeness (QED) is 0.623. The Morgan fingerprint density at radius 3 is 2.68 bits per heavy atom. The number of hydrogen-bond acceptors (Lipinski definition) is 4. The molecule has 0 saturated carbocycles. The maximum absolute atomic E-state index is 6.50. The SMILES string of the molecule is Cc1cccnc1CC(N)c1ncccc1-n1ncc2ccccc21. The van der Waals surface area contributed by atoms with Gasteiger partial charge in [0.15, 0.2) is 0 Å². The van der Waals surface area contributed by atoms with Crippen LogP contribution in [0.25, 0.3) is 16.6 Å². The summed E-state index contributed by atoms with van der Waals surface area (Å²) in [5.74, 6) is 0. The molecular weight excluding hydrogens is 310 g/mol. The van der Waals surface area contributed by atoms with E-state index in [4.69, 9.17) is 5.73 Å². The summed E-state index contributed by atoms with van der Waals surface area (Å²) in [7, 11) is 0. The molecule has 0 aliphatic rings. The zero-order valence-electron chi connectivity index (χ0n) is 14.0. The van der Waals surface area contributed by atoms with E-state index in [-0.39, 0.29) is 6.04 Å². The maximum Gasteiger partial charge on any atom is 0.0884 e. The second-order valence-corrected chi connectivity index (χ2v) is 6.10. The molecule has 124 valence electrons. The summed E-state index contributed by atoms with van der Waals surface area (Å²) in [6.07, 6.45) is 6.07. The smallest absolute Gasteiger partial charge is 0.0884 e. The highest BCUT2D eigenvalue weighted by Crippen LogP contribution is 2.24. The molecule has 1 atom stereocenters. The summed E-state index contributed by atoms with van der Waals surface area (Å²) in [5.41, 5.74) is 11.4. The number of hydrogen-bond donors (Lipinski definition) is 1. The lowest BCUT2D eigenvalue weighted by Crippen LogP contribution is -2.19. The Labute approximate surface area is 146 Å². The number of para-hydroxylation sites is 1. The molecule has 5 heteroatoms. The van der Waals surface area contributed by atoms with Crippen LogP contribution in [0.3, 0.4) is 0 Å². The Morgan fingerprint density at radius 2 is 1.80 bits per heavy atom. The number of nitrogens with two attached hydrogens (primary N) is 1. The molecule has 3 aromatic heterocycles. The topological polar surface area (TPSA) is 69.6 Å². The molecule has 4 aromatic rings. The van der Waals surface area contributed by atoms with E-state index in [1.807, 2.05) is 53.3 Å². The fraction of sp³-hybridized carbons (Fsp3) is 0.150. The summed E-state index contributed by atoms with van der Waals surface area (Å²) in [5, 5.41) is 5.63. The lowest BCUT2D eigenvalue weighted by molar-refractivity contribution is 0.669. The third-order valence-corrected chi connectivity index (χ3v) is 4.40. The van der Waals surface area contributed by atoms with Gasteiger partial charge in [-0.3, -0.25) is 9.97 Å². The summed E-state index contributed by atoms with van der Waals surface area (Å²) < 4.78 is 1.91.